The average molecular weight is 282 g/mol. The molecule has 20 heavy (non-hydrogen) atoms. The van der Waals surface area contributed by atoms with E-state index in [4.69, 9.17) is 5.11 Å². The van der Waals surface area contributed by atoms with Crippen LogP contribution in [0.4, 0.5) is 4.79 Å². The van der Waals surface area contributed by atoms with Crippen molar-refractivity contribution in [1.82, 2.24) is 10.2 Å². The number of carbonyl (C=O) groups is 2. The van der Waals surface area contributed by atoms with Crippen LogP contribution in [0.5, 0.6) is 0 Å². The largest absolute Gasteiger partial charge is 0.481 e. The van der Waals surface area contributed by atoms with E-state index in [1.165, 1.54) is 0 Å². The van der Waals surface area contributed by atoms with Gasteiger partial charge in [0.05, 0.1) is 6.42 Å². The summed E-state index contributed by atoms with van der Waals surface area (Å²) in [5.74, 6) is -0.292. The normalized spacial score (nSPS) is 24.6. The lowest BCUT2D eigenvalue weighted by molar-refractivity contribution is -0.141. The van der Waals surface area contributed by atoms with Crippen molar-refractivity contribution in [2.45, 2.75) is 58.4 Å². The second-order valence-corrected chi connectivity index (χ2v) is 6.73. The van der Waals surface area contributed by atoms with Gasteiger partial charge in [0.2, 0.25) is 0 Å². The molecule has 1 aliphatic carbocycles. The summed E-state index contributed by atoms with van der Waals surface area (Å²) in [6.45, 7) is 5.61. The van der Waals surface area contributed by atoms with E-state index < -0.39 is 5.97 Å². The summed E-state index contributed by atoms with van der Waals surface area (Å²) in [6, 6.07) is 0.310. The molecule has 2 aliphatic rings. The number of carboxylic acid groups (broad SMARTS) is 1. The molecule has 2 N–H and O–H groups in total. The molecule has 0 aromatic carbocycles. The molecule has 0 aromatic heterocycles. The molecule has 0 radical (unpaired) electrons. The molecule has 5 nitrogen and oxygen atoms in total. The van der Waals surface area contributed by atoms with E-state index >= 15 is 0 Å². The predicted octanol–water partition coefficient (Wildman–Crippen LogP) is 2.46. The Labute approximate surface area is 120 Å². The van der Waals surface area contributed by atoms with Crippen molar-refractivity contribution in [2.24, 2.45) is 11.3 Å². The zero-order valence-electron chi connectivity index (χ0n) is 12.5. The van der Waals surface area contributed by atoms with E-state index in [9.17, 15) is 9.59 Å². The minimum absolute atomic E-state index is 0.0159. The number of carbonyl (C=O) groups excluding carboxylic acids is 1. The van der Waals surface area contributed by atoms with Crippen LogP contribution in [-0.2, 0) is 4.79 Å². The van der Waals surface area contributed by atoms with Gasteiger partial charge >= 0.3 is 12.0 Å². The molecule has 2 fully saturated rings. The van der Waals surface area contributed by atoms with Gasteiger partial charge in [-0.25, -0.2) is 4.79 Å². The lowest BCUT2D eigenvalue weighted by atomic mass is 9.66. The highest BCUT2D eigenvalue weighted by Gasteiger charge is 2.40. The van der Waals surface area contributed by atoms with Crippen molar-refractivity contribution < 1.29 is 14.7 Å². The topological polar surface area (TPSA) is 69.6 Å². The monoisotopic (exact) mass is 282 g/mol. The number of hydrogen-bond acceptors (Lipinski definition) is 2. The molecule has 0 aromatic rings. The summed E-state index contributed by atoms with van der Waals surface area (Å²) in [7, 11) is 0. The van der Waals surface area contributed by atoms with E-state index in [1.807, 2.05) is 4.90 Å². The van der Waals surface area contributed by atoms with E-state index in [0.717, 1.165) is 38.6 Å². The first-order valence-corrected chi connectivity index (χ1v) is 7.70. The van der Waals surface area contributed by atoms with Gasteiger partial charge in [-0.15, -0.1) is 0 Å². The second-order valence-electron chi connectivity index (χ2n) is 6.73. The minimum Gasteiger partial charge on any atom is -0.481 e. The third kappa shape index (κ3) is 3.25. The summed E-state index contributed by atoms with van der Waals surface area (Å²) in [5, 5.41) is 12.0. The van der Waals surface area contributed by atoms with Gasteiger partial charge < -0.3 is 15.3 Å². The first kappa shape index (κ1) is 15.1. The smallest absolute Gasteiger partial charge is 0.317 e. The van der Waals surface area contributed by atoms with Crippen LogP contribution in [0.2, 0.25) is 0 Å². The molecule has 1 saturated carbocycles. The number of aliphatic carboxylic acids is 1. The molecule has 1 atom stereocenters. The maximum atomic E-state index is 12.3. The Bertz CT molecular complexity index is 377. The van der Waals surface area contributed by atoms with Crippen molar-refractivity contribution in [3.63, 3.8) is 0 Å². The van der Waals surface area contributed by atoms with Crippen LogP contribution in [0.1, 0.15) is 52.4 Å². The Morgan fingerprint density at radius 1 is 1.35 bits per heavy atom. The molecule has 1 heterocycles. The number of carboxylic acids is 1. The highest BCUT2D eigenvalue weighted by molar-refractivity contribution is 5.75. The fraction of sp³-hybridized carbons (Fsp3) is 0.867. The van der Waals surface area contributed by atoms with E-state index in [1.54, 1.807) is 0 Å². The molecule has 1 unspecified atom stereocenters. The highest BCUT2D eigenvalue weighted by atomic mass is 16.4. The molecular weight excluding hydrogens is 256 g/mol. The van der Waals surface area contributed by atoms with Crippen LogP contribution in [-0.4, -0.2) is 41.1 Å². The predicted molar refractivity (Wildman–Crippen MR) is 76.5 cm³/mol. The van der Waals surface area contributed by atoms with Gasteiger partial charge in [0.1, 0.15) is 0 Å². The Balaban J connectivity index is 1.86. The number of urea groups is 1. The molecule has 5 heteroatoms. The summed E-state index contributed by atoms with van der Waals surface area (Å²) in [6.07, 6.45) is 5.20. The van der Waals surface area contributed by atoms with Gasteiger partial charge in [0.25, 0.3) is 0 Å². The zero-order valence-corrected chi connectivity index (χ0v) is 12.5. The average Bonchev–Trinajstić information content (AvgIpc) is 2.80. The third-order valence-electron chi connectivity index (χ3n) is 4.88. The Morgan fingerprint density at radius 3 is 2.55 bits per heavy atom. The summed E-state index contributed by atoms with van der Waals surface area (Å²) >= 11 is 0. The van der Waals surface area contributed by atoms with Gasteiger partial charge in [-0.2, -0.15) is 0 Å². The standard InChI is InChI=1S/C15H26N2O3/c1-11(2)12-5-3-8-17(12)14(20)16-10-15(6-4-7-15)9-13(18)19/h11-12H,3-10H2,1-2H3,(H,16,20)(H,18,19). The van der Waals surface area contributed by atoms with E-state index in [2.05, 4.69) is 19.2 Å². The van der Waals surface area contributed by atoms with Crippen LogP contribution >= 0.6 is 0 Å². The quantitative estimate of drug-likeness (QED) is 0.813. The van der Waals surface area contributed by atoms with Gasteiger partial charge in [-0.1, -0.05) is 20.3 Å². The van der Waals surface area contributed by atoms with E-state index in [0.29, 0.717) is 18.5 Å². The third-order valence-corrected chi connectivity index (χ3v) is 4.88. The summed E-state index contributed by atoms with van der Waals surface area (Å²) in [5.41, 5.74) is -0.200. The first-order chi connectivity index (χ1) is 9.43. The Kier molecular flexibility index (Phi) is 4.55. The van der Waals surface area contributed by atoms with Crippen molar-refractivity contribution >= 4 is 12.0 Å². The van der Waals surface area contributed by atoms with Crippen molar-refractivity contribution in [1.29, 1.82) is 0 Å². The Morgan fingerprint density at radius 2 is 2.05 bits per heavy atom. The molecular formula is C15H26N2O3. The van der Waals surface area contributed by atoms with Crippen molar-refractivity contribution in [3.05, 3.63) is 0 Å². The molecule has 2 amide bonds. The SMILES string of the molecule is CC(C)C1CCCN1C(=O)NCC1(CC(=O)O)CCC1. The minimum atomic E-state index is -0.764. The fourth-order valence-electron chi connectivity index (χ4n) is 3.52. The zero-order chi connectivity index (χ0) is 14.8. The maximum Gasteiger partial charge on any atom is 0.317 e. The van der Waals surface area contributed by atoms with Crippen LogP contribution < -0.4 is 5.32 Å². The maximum absolute atomic E-state index is 12.3. The number of nitrogens with one attached hydrogen (secondary N) is 1. The van der Waals surface area contributed by atoms with Gasteiger partial charge in [-0.05, 0) is 37.0 Å². The van der Waals surface area contributed by atoms with Crippen molar-refractivity contribution in [2.75, 3.05) is 13.1 Å². The molecule has 0 spiro atoms. The van der Waals surface area contributed by atoms with Gasteiger partial charge in [0.15, 0.2) is 0 Å². The van der Waals surface area contributed by atoms with Crippen LogP contribution in [0.15, 0.2) is 0 Å². The lowest BCUT2D eigenvalue weighted by Crippen LogP contribution is -2.50. The van der Waals surface area contributed by atoms with Gasteiger partial charge in [-0.3, -0.25) is 4.79 Å². The summed E-state index contributed by atoms with van der Waals surface area (Å²) < 4.78 is 0. The van der Waals surface area contributed by atoms with Crippen molar-refractivity contribution in [3.8, 4) is 0 Å². The molecule has 114 valence electrons. The lowest BCUT2D eigenvalue weighted by Gasteiger charge is -2.41. The van der Waals surface area contributed by atoms with Crippen LogP contribution in [0, 0.1) is 11.3 Å². The number of amides is 2. The molecule has 1 aliphatic heterocycles. The second kappa shape index (κ2) is 6.02. The first-order valence-electron chi connectivity index (χ1n) is 7.70. The highest BCUT2D eigenvalue weighted by Crippen LogP contribution is 2.43. The molecule has 1 saturated heterocycles. The number of rotatable bonds is 5. The number of likely N-dealkylation sites (tertiary alicyclic amines) is 1. The Hall–Kier alpha value is -1.26. The molecule has 0 bridgehead atoms. The fourth-order valence-corrected chi connectivity index (χ4v) is 3.52. The summed E-state index contributed by atoms with van der Waals surface area (Å²) in [4.78, 5) is 25.2. The van der Waals surface area contributed by atoms with Crippen LogP contribution in [0.3, 0.4) is 0 Å². The number of nitrogens with zero attached hydrogens (tertiary/aromatic N) is 1. The van der Waals surface area contributed by atoms with E-state index in [-0.39, 0.29) is 17.9 Å². The van der Waals surface area contributed by atoms with Crippen LogP contribution in [0.25, 0.3) is 0 Å². The number of hydrogen-bond donors (Lipinski definition) is 2. The van der Waals surface area contributed by atoms with Gasteiger partial charge in [0, 0.05) is 19.1 Å². The molecule has 2 rings (SSSR count).